The molecule has 1 unspecified atom stereocenters. The summed E-state index contributed by atoms with van der Waals surface area (Å²) in [6, 6.07) is 8.06. The van der Waals surface area contributed by atoms with Gasteiger partial charge in [0.1, 0.15) is 0 Å². The highest BCUT2D eigenvalue weighted by Gasteiger charge is 2.12. The minimum atomic E-state index is -0.0530. The summed E-state index contributed by atoms with van der Waals surface area (Å²) in [5.74, 6) is -0.00216. The molecule has 1 fully saturated rings. The molecule has 3 N–H and O–H groups in total. The Labute approximate surface area is 121 Å². The number of hydrogen-bond acceptors (Lipinski definition) is 3. The van der Waals surface area contributed by atoms with Crippen molar-refractivity contribution >= 4 is 11.6 Å². The summed E-state index contributed by atoms with van der Waals surface area (Å²) in [4.78, 5) is 14.3. The molecule has 0 saturated carbocycles. The van der Waals surface area contributed by atoms with E-state index in [2.05, 4.69) is 22.3 Å². The van der Waals surface area contributed by atoms with Crippen LogP contribution in [0.1, 0.15) is 38.2 Å². The molecule has 0 bridgehead atoms. The Hall–Kier alpha value is -1.39. The highest BCUT2D eigenvalue weighted by Crippen LogP contribution is 2.16. The summed E-state index contributed by atoms with van der Waals surface area (Å²) >= 11 is 0. The zero-order valence-electron chi connectivity index (χ0n) is 12.3. The SMILES string of the molecule is CCC(N)CC(=O)Nc1cccc(CN2CCCC2)c1. The van der Waals surface area contributed by atoms with E-state index in [0.29, 0.717) is 6.42 Å². The number of carbonyl (C=O) groups excluding carboxylic acids is 1. The summed E-state index contributed by atoms with van der Waals surface area (Å²) < 4.78 is 0. The standard InChI is InChI=1S/C16H25N3O/c1-2-14(17)11-16(20)18-15-7-5-6-13(10-15)12-19-8-3-4-9-19/h5-7,10,14H,2-4,8-9,11-12,17H2,1H3,(H,18,20). The van der Waals surface area contributed by atoms with Crippen LogP contribution in [-0.4, -0.2) is 29.9 Å². The molecule has 1 amide bonds. The lowest BCUT2D eigenvalue weighted by Crippen LogP contribution is -2.26. The van der Waals surface area contributed by atoms with Crippen LogP contribution in [0.15, 0.2) is 24.3 Å². The molecule has 1 aliphatic rings. The monoisotopic (exact) mass is 275 g/mol. The van der Waals surface area contributed by atoms with Crippen LogP contribution in [-0.2, 0) is 11.3 Å². The quantitative estimate of drug-likeness (QED) is 0.838. The Morgan fingerprint density at radius 2 is 2.15 bits per heavy atom. The predicted octanol–water partition coefficient (Wildman–Crippen LogP) is 2.35. The molecule has 1 saturated heterocycles. The van der Waals surface area contributed by atoms with E-state index in [-0.39, 0.29) is 11.9 Å². The van der Waals surface area contributed by atoms with Gasteiger partial charge in [-0.05, 0) is 50.0 Å². The highest BCUT2D eigenvalue weighted by molar-refractivity contribution is 5.91. The number of carbonyl (C=O) groups is 1. The first-order chi connectivity index (χ1) is 9.67. The van der Waals surface area contributed by atoms with Gasteiger partial charge >= 0.3 is 0 Å². The van der Waals surface area contributed by atoms with Crippen molar-refractivity contribution in [2.45, 2.75) is 45.2 Å². The van der Waals surface area contributed by atoms with Gasteiger partial charge in [0, 0.05) is 24.7 Å². The second-order valence-electron chi connectivity index (χ2n) is 5.60. The lowest BCUT2D eigenvalue weighted by Gasteiger charge is -2.15. The van der Waals surface area contributed by atoms with Crippen LogP contribution in [0.5, 0.6) is 0 Å². The van der Waals surface area contributed by atoms with Gasteiger partial charge in [0.2, 0.25) is 5.91 Å². The Bertz CT molecular complexity index is 441. The molecule has 1 aromatic carbocycles. The molecule has 1 heterocycles. The molecule has 0 spiro atoms. The molecule has 110 valence electrons. The molecule has 4 nitrogen and oxygen atoms in total. The number of anilines is 1. The average molecular weight is 275 g/mol. The fourth-order valence-corrected chi connectivity index (χ4v) is 2.54. The van der Waals surface area contributed by atoms with Gasteiger partial charge in [0.05, 0.1) is 0 Å². The molecular weight excluding hydrogens is 250 g/mol. The maximum atomic E-state index is 11.8. The van der Waals surface area contributed by atoms with Crippen molar-refractivity contribution in [1.82, 2.24) is 4.90 Å². The Morgan fingerprint density at radius 1 is 1.40 bits per heavy atom. The summed E-state index contributed by atoms with van der Waals surface area (Å²) in [7, 11) is 0. The van der Waals surface area contributed by atoms with Crippen LogP contribution >= 0.6 is 0 Å². The lowest BCUT2D eigenvalue weighted by molar-refractivity contribution is -0.116. The number of hydrogen-bond donors (Lipinski definition) is 2. The average Bonchev–Trinajstić information content (AvgIpc) is 2.91. The third-order valence-corrected chi connectivity index (χ3v) is 3.79. The van der Waals surface area contributed by atoms with Crippen LogP contribution < -0.4 is 11.1 Å². The first-order valence-electron chi connectivity index (χ1n) is 7.54. The number of nitrogens with zero attached hydrogens (tertiary/aromatic N) is 1. The van der Waals surface area contributed by atoms with Gasteiger partial charge < -0.3 is 11.1 Å². The van der Waals surface area contributed by atoms with E-state index in [0.717, 1.165) is 18.7 Å². The largest absolute Gasteiger partial charge is 0.327 e. The van der Waals surface area contributed by atoms with Gasteiger partial charge in [-0.2, -0.15) is 0 Å². The second-order valence-corrected chi connectivity index (χ2v) is 5.60. The van der Waals surface area contributed by atoms with Gasteiger partial charge in [-0.3, -0.25) is 9.69 Å². The number of likely N-dealkylation sites (tertiary alicyclic amines) is 1. The van der Waals surface area contributed by atoms with Gasteiger partial charge in [0.15, 0.2) is 0 Å². The fraction of sp³-hybridized carbons (Fsp3) is 0.562. The molecular formula is C16H25N3O. The highest BCUT2D eigenvalue weighted by atomic mass is 16.1. The maximum Gasteiger partial charge on any atom is 0.225 e. The number of benzene rings is 1. The molecule has 2 rings (SSSR count). The van der Waals surface area contributed by atoms with Crippen molar-refractivity contribution in [3.63, 3.8) is 0 Å². The second kappa shape index (κ2) is 7.41. The van der Waals surface area contributed by atoms with Gasteiger partial charge in [-0.25, -0.2) is 0 Å². The molecule has 20 heavy (non-hydrogen) atoms. The lowest BCUT2D eigenvalue weighted by atomic mass is 10.1. The van der Waals surface area contributed by atoms with E-state index in [1.165, 1.54) is 31.5 Å². The van der Waals surface area contributed by atoms with E-state index < -0.39 is 0 Å². The van der Waals surface area contributed by atoms with Crippen molar-refractivity contribution in [2.75, 3.05) is 18.4 Å². The number of nitrogens with one attached hydrogen (secondary N) is 1. The number of amides is 1. The summed E-state index contributed by atoms with van der Waals surface area (Å²) in [6.07, 6.45) is 3.80. The Kier molecular flexibility index (Phi) is 5.56. The molecule has 0 radical (unpaired) electrons. The Morgan fingerprint density at radius 3 is 2.85 bits per heavy atom. The predicted molar refractivity (Wildman–Crippen MR) is 82.5 cm³/mol. The van der Waals surface area contributed by atoms with Crippen LogP contribution in [0, 0.1) is 0 Å². The fourth-order valence-electron chi connectivity index (χ4n) is 2.54. The number of rotatable bonds is 6. The van der Waals surface area contributed by atoms with E-state index in [1.807, 2.05) is 19.1 Å². The minimum Gasteiger partial charge on any atom is -0.327 e. The first kappa shape index (κ1) is 15.0. The normalized spacial score (nSPS) is 17.1. The van der Waals surface area contributed by atoms with Gasteiger partial charge in [-0.1, -0.05) is 19.1 Å². The third kappa shape index (κ3) is 4.62. The summed E-state index contributed by atoms with van der Waals surface area (Å²) in [6.45, 7) is 5.33. The first-order valence-corrected chi connectivity index (χ1v) is 7.54. The maximum absolute atomic E-state index is 11.8. The molecule has 4 heteroatoms. The van der Waals surface area contributed by atoms with Crippen molar-refractivity contribution in [1.29, 1.82) is 0 Å². The van der Waals surface area contributed by atoms with Crippen LogP contribution in [0.25, 0.3) is 0 Å². The summed E-state index contributed by atoms with van der Waals surface area (Å²) in [5, 5.41) is 2.93. The van der Waals surface area contributed by atoms with Crippen molar-refractivity contribution in [3.05, 3.63) is 29.8 Å². The number of nitrogens with two attached hydrogens (primary N) is 1. The van der Waals surface area contributed by atoms with E-state index >= 15 is 0 Å². The topological polar surface area (TPSA) is 58.4 Å². The van der Waals surface area contributed by atoms with Crippen molar-refractivity contribution < 1.29 is 4.79 Å². The summed E-state index contributed by atoms with van der Waals surface area (Å²) in [5.41, 5.74) is 7.92. The molecule has 1 aliphatic heterocycles. The molecule has 0 aromatic heterocycles. The van der Waals surface area contributed by atoms with Crippen LogP contribution in [0.2, 0.25) is 0 Å². The van der Waals surface area contributed by atoms with E-state index in [9.17, 15) is 4.79 Å². The molecule has 1 aromatic rings. The zero-order valence-corrected chi connectivity index (χ0v) is 12.3. The van der Waals surface area contributed by atoms with Crippen LogP contribution in [0.4, 0.5) is 5.69 Å². The van der Waals surface area contributed by atoms with Gasteiger partial charge in [-0.15, -0.1) is 0 Å². The Balaban J connectivity index is 1.90. The van der Waals surface area contributed by atoms with Crippen LogP contribution in [0.3, 0.4) is 0 Å². The third-order valence-electron chi connectivity index (χ3n) is 3.79. The van der Waals surface area contributed by atoms with Crippen molar-refractivity contribution in [3.8, 4) is 0 Å². The molecule has 0 aliphatic carbocycles. The van der Waals surface area contributed by atoms with E-state index in [1.54, 1.807) is 0 Å². The smallest absolute Gasteiger partial charge is 0.225 e. The molecule has 1 atom stereocenters. The van der Waals surface area contributed by atoms with E-state index in [4.69, 9.17) is 5.73 Å². The van der Waals surface area contributed by atoms with Crippen molar-refractivity contribution in [2.24, 2.45) is 5.73 Å². The minimum absolute atomic E-state index is 0.00216. The van der Waals surface area contributed by atoms with Gasteiger partial charge in [0.25, 0.3) is 0 Å². The zero-order chi connectivity index (χ0) is 14.4.